The second-order valence-corrected chi connectivity index (χ2v) is 7.40. The molecule has 1 N–H and O–H groups in total. The lowest BCUT2D eigenvalue weighted by Crippen LogP contribution is -2.45. The molecule has 0 aliphatic heterocycles. The maximum absolute atomic E-state index is 12.1. The number of hydrogen-bond donors (Lipinski definition) is 1. The number of hydrogen-bond acceptors (Lipinski definition) is 5. The summed E-state index contributed by atoms with van der Waals surface area (Å²) in [5.41, 5.74) is 1.38. The van der Waals surface area contributed by atoms with Crippen LogP contribution in [0.25, 0.3) is 11.0 Å². The van der Waals surface area contributed by atoms with E-state index in [0.29, 0.717) is 23.2 Å². The van der Waals surface area contributed by atoms with Gasteiger partial charge in [0.2, 0.25) is 0 Å². The van der Waals surface area contributed by atoms with Gasteiger partial charge in [-0.25, -0.2) is 0 Å². The van der Waals surface area contributed by atoms with Crippen LogP contribution in [0, 0.1) is 11.8 Å². The van der Waals surface area contributed by atoms with Gasteiger partial charge in [-0.05, 0) is 30.4 Å². The molecule has 0 spiro atoms. The molecule has 6 nitrogen and oxygen atoms in total. The number of methoxy groups -OCH3 is 1. The second kappa shape index (κ2) is 8.46. The molecule has 27 heavy (non-hydrogen) atoms. The topological polar surface area (TPSA) is 77.8 Å². The highest BCUT2D eigenvalue weighted by atomic mass is 16.5. The van der Waals surface area contributed by atoms with E-state index in [1.807, 2.05) is 12.1 Å². The zero-order valence-corrected chi connectivity index (χ0v) is 16.1. The lowest BCUT2D eigenvalue weighted by molar-refractivity contribution is -0.148. The van der Waals surface area contributed by atoms with Crippen molar-refractivity contribution in [1.29, 1.82) is 0 Å². The summed E-state index contributed by atoms with van der Waals surface area (Å²) in [6, 6.07) is 5.59. The molecule has 146 valence electrons. The van der Waals surface area contributed by atoms with Gasteiger partial charge in [0.1, 0.15) is 11.3 Å². The van der Waals surface area contributed by atoms with Crippen molar-refractivity contribution in [1.82, 2.24) is 5.32 Å². The molecule has 1 amide bonds. The van der Waals surface area contributed by atoms with Gasteiger partial charge in [-0.15, -0.1) is 0 Å². The van der Waals surface area contributed by atoms with Gasteiger partial charge in [0, 0.05) is 23.1 Å². The van der Waals surface area contributed by atoms with Gasteiger partial charge in [-0.1, -0.05) is 26.7 Å². The summed E-state index contributed by atoms with van der Waals surface area (Å²) < 4.78 is 15.8. The van der Waals surface area contributed by atoms with Crippen molar-refractivity contribution in [3.63, 3.8) is 0 Å². The van der Waals surface area contributed by atoms with Crippen LogP contribution in [0.4, 0.5) is 0 Å². The van der Waals surface area contributed by atoms with Crippen molar-refractivity contribution in [2.45, 2.75) is 45.6 Å². The lowest BCUT2D eigenvalue weighted by atomic mass is 9.78. The summed E-state index contributed by atoms with van der Waals surface area (Å²) in [6.45, 7) is 4.13. The van der Waals surface area contributed by atoms with Crippen molar-refractivity contribution in [2.24, 2.45) is 11.8 Å². The molecule has 1 aromatic heterocycles. The van der Waals surface area contributed by atoms with Gasteiger partial charge < -0.3 is 19.2 Å². The van der Waals surface area contributed by atoms with Crippen LogP contribution in [-0.2, 0) is 20.7 Å². The van der Waals surface area contributed by atoms with Crippen LogP contribution < -0.4 is 10.1 Å². The zero-order chi connectivity index (χ0) is 19.4. The molecule has 3 rings (SSSR count). The monoisotopic (exact) mass is 373 g/mol. The van der Waals surface area contributed by atoms with E-state index in [-0.39, 0.29) is 25.0 Å². The first-order valence-electron chi connectivity index (χ1n) is 9.47. The fraction of sp³-hybridized carbons (Fsp3) is 0.524. The van der Waals surface area contributed by atoms with Crippen molar-refractivity contribution in [3.05, 3.63) is 30.0 Å². The normalized spacial score (nSPS) is 22.4. The SMILES string of the molecule is COc1ccc2c(CC(=O)OCC(=O)NC3CCCC(C)C3C)coc2c1. The number of carbonyl (C=O) groups excluding carboxylic acids is 2. The molecular formula is C21H27NO5. The van der Waals surface area contributed by atoms with E-state index in [2.05, 4.69) is 19.2 Å². The van der Waals surface area contributed by atoms with Gasteiger partial charge in [-0.3, -0.25) is 9.59 Å². The van der Waals surface area contributed by atoms with Gasteiger partial charge in [0.25, 0.3) is 5.91 Å². The van der Waals surface area contributed by atoms with Gasteiger partial charge in [-0.2, -0.15) is 0 Å². The Kier molecular flexibility index (Phi) is 6.04. The molecule has 3 atom stereocenters. The number of nitrogens with one attached hydrogen (secondary N) is 1. The van der Waals surface area contributed by atoms with Crippen LogP contribution in [0.1, 0.15) is 38.7 Å². The van der Waals surface area contributed by atoms with E-state index >= 15 is 0 Å². The van der Waals surface area contributed by atoms with Crippen LogP contribution in [0.2, 0.25) is 0 Å². The molecule has 0 bridgehead atoms. The minimum Gasteiger partial charge on any atom is -0.497 e. The maximum atomic E-state index is 12.1. The maximum Gasteiger partial charge on any atom is 0.310 e. The Morgan fingerprint density at radius 2 is 2.07 bits per heavy atom. The first kappa shape index (κ1) is 19.3. The lowest BCUT2D eigenvalue weighted by Gasteiger charge is -2.34. The van der Waals surface area contributed by atoms with E-state index in [1.54, 1.807) is 13.2 Å². The molecule has 1 heterocycles. The van der Waals surface area contributed by atoms with Crippen LogP contribution in [0.5, 0.6) is 5.75 Å². The summed E-state index contributed by atoms with van der Waals surface area (Å²) in [5.74, 6) is 1.03. The summed E-state index contributed by atoms with van der Waals surface area (Å²) in [7, 11) is 1.59. The summed E-state index contributed by atoms with van der Waals surface area (Å²) in [4.78, 5) is 24.3. The Morgan fingerprint density at radius 1 is 1.26 bits per heavy atom. The third-order valence-corrected chi connectivity index (χ3v) is 5.62. The number of esters is 1. The number of ether oxygens (including phenoxy) is 2. The van der Waals surface area contributed by atoms with Crippen LogP contribution >= 0.6 is 0 Å². The number of benzene rings is 1. The fourth-order valence-electron chi connectivity index (χ4n) is 3.71. The van der Waals surface area contributed by atoms with Crippen molar-refractivity contribution in [2.75, 3.05) is 13.7 Å². The van der Waals surface area contributed by atoms with Crippen LogP contribution in [0.15, 0.2) is 28.9 Å². The smallest absolute Gasteiger partial charge is 0.310 e. The van der Waals surface area contributed by atoms with E-state index in [9.17, 15) is 9.59 Å². The average molecular weight is 373 g/mol. The van der Waals surface area contributed by atoms with E-state index in [1.165, 1.54) is 12.7 Å². The molecule has 1 saturated carbocycles. The molecule has 6 heteroatoms. The highest BCUT2D eigenvalue weighted by Crippen LogP contribution is 2.29. The second-order valence-electron chi connectivity index (χ2n) is 7.40. The summed E-state index contributed by atoms with van der Waals surface area (Å²) in [5, 5.41) is 3.84. The number of furan rings is 1. The largest absolute Gasteiger partial charge is 0.497 e. The summed E-state index contributed by atoms with van der Waals surface area (Å²) in [6.07, 6.45) is 4.90. The number of rotatable bonds is 6. The molecule has 1 aromatic carbocycles. The molecular weight excluding hydrogens is 346 g/mol. The predicted octanol–water partition coefficient (Wildman–Crippen LogP) is 3.47. The van der Waals surface area contributed by atoms with Gasteiger partial charge >= 0.3 is 5.97 Å². The highest BCUT2D eigenvalue weighted by Gasteiger charge is 2.28. The molecule has 1 fully saturated rings. The standard InChI is InChI=1S/C21H27NO5/c1-13-5-4-6-18(14(13)2)22-20(23)12-27-21(24)9-15-11-26-19-10-16(25-3)7-8-17(15)19/h7-8,10-11,13-14,18H,4-6,9,12H2,1-3H3,(H,22,23). The molecule has 0 radical (unpaired) electrons. The summed E-state index contributed by atoms with van der Waals surface area (Å²) >= 11 is 0. The third kappa shape index (κ3) is 4.62. The first-order chi connectivity index (χ1) is 13.0. The Balaban J connectivity index is 1.50. The minimum atomic E-state index is -0.450. The first-order valence-corrected chi connectivity index (χ1v) is 9.47. The van der Waals surface area contributed by atoms with Crippen molar-refractivity contribution < 1.29 is 23.5 Å². The highest BCUT2D eigenvalue weighted by molar-refractivity contribution is 5.87. The molecule has 1 aliphatic carbocycles. The molecule has 1 aliphatic rings. The van der Waals surface area contributed by atoms with Crippen molar-refractivity contribution in [3.8, 4) is 5.75 Å². The zero-order valence-electron chi connectivity index (χ0n) is 16.1. The Hall–Kier alpha value is -2.50. The van der Waals surface area contributed by atoms with E-state index in [4.69, 9.17) is 13.9 Å². The Morgan fingerprint density at radius 3 is 2.85 bits per heavy atom. The number of fused-ring (bicyclic) bond motifs is 1. The van der Waals surface area contributed by atoms with E-state index < -0.39 is 5.97 Å². The quantitative estimate of drug-likeness (QED) is 0.785. The molecule has 2 aromatic rings. The van der Waals surface area contributed by atoms with Gasteiger partial charge in [0.15, 0.2) is 6.61 Å². The molecule has 0 saturated heterocycles. The fourth-order valence-corrected chi connectivity index (χ4v) is 3.71. The molecule has 3 unspecified atom stereocenters. The minimum absolute atomic E-state index is 0.0590. The Labute approximate surface area is 159 Å². The number of amides is 1. The van der Waals surface area contributed by atoms with Crippen LogP contribution in [-0.4, -0.2) is 31.6 Å². The van der Waals surface area contributed by atoms with Gasteiger partial charge in [0.05, 0.1) is 19.8 Å². The number of carbonyl (C=O) groups is 2. The predicted molar refractivity (Wildman–Crippen MR) is 102 cm³/mol. The average Bonchev–Trinajstić information content (AvgIpc) is 3.05. The van der Waals surface area contributed by atoms with E-state index in [0.717, 1.165) is 23.8 Å². The van der Waals surface area contributed by atoms with Crippen molar-refractivity contribution >= 4 is 22.8 Å². The Bertz CT molecular complexity index is 812. The van der Waals surface area contributed by atoms with Crippen LogP contribution in [0.3, 0.4) is 0 Å². The third-order valence-electron chi connectivity index (χ3n) is 5.62.